The van der Waals surface area contributed by atoms with Gasteiger partial charge in [0.2, 0.25) is 0 Å². The second-order valence-corrected chi connectivity index (χ2v) is 9.42. The molecule has 5 rings (SSSR count). The number of methoxy groups -OCH3 is 1. The second-order valence-electron chi connectivity index (χ2n) is 9.42. The number of benzene rings is 4. The standard InChI is InChI=1S/C32H32N2O2/c1-36-29-17-18-30-27(21-29)20-28(19-24-11-5-2-6-12-24)31(30)34(23-26-15-9-4-10-16-26)32(35)33-22-25-13-7-3-8-14-25/h2-18,21,28,31H,19-20,22-23H2,1H3,(H,33,35)/t28-,31+/m1/s1. The van der Waals surface area contributed by atoms with Crippen LogP contribution in [-0.2, 0) is 25.9 Å². The minimum atomic E-state index is -0.0468. The number of nitrogens with zero attached hydrogens (tertiary/aromatic N) is 1. The fourth-order valence-electron chi connectivity index (χ4n) is 5.30. The highest BCUT2D eigenvalue weighted by molar-refractivity contribution is 5.75. The Morgan fingerprint density at radius 1 is 0.833 bits per heavy atom. The van der Waals surface area contributed by atoms with E-state index in [4.69, 9.17) is 4.74 Å². The second kappa shape index (κ2) is 11.1. The minimum absolute atomic E-state index is 0.0397. The van der Waals surface area contributed by atoms with Gasteiger partial charge in [-0.3, -0.25) is 0 Å². The molecule has 36 heavy (non-hydrogen) atoms. The Morgan fingerprint density at radius 2 is 1.44 bits per heavy atom. The van der Waals surface area contributed by atoms with E-state index in [9.17, 15) is 4.79 Å². The van der Waals surface area contributed by atoms with Crippen LogP contribution >= 0.6 is 0 Å². The van der Waals surface area contributed by atoms with Crippen molar-refractivity contribution in [3.05, 3.63) is 137 Å². The molecule has 0 aromatic heterocycles. The minimum Gasteiger partial charge on any atom is -0.497 e. The summed E-state index contributed by atoms with van der Waals surface area (Å²) in [5.41, 5.74) is 5.96. The largest absolute Gasteiger partial charge is 0.497 e. The molecule has 0 heterocycles. The first kappa shape index (κ1) is 23.7. The SMILES string of the molecule is COc1ccc2c(c1)C[C@@H](Cc1ccccc1)[C@@H]2N(Cc1ccccc1)C(=O)NCc1ccccc1. The molecule has 0 saturated heterocycles. The molecule has 0 aliphatic heterocycles. The molecule has 1 N–H and O–H groups in total. The molecule has 4 aromatic rings. The number of urea groups is 1. The van der Waals surface area contributed by atoms with Crippen molar-refractivity contribution in [2.45, 2.75) is 32.0 Å². The Bertz CT molecular complexity index is 1280. The summed E-state index contributed by atoms with van der Waals surface area (Å²) in [6.07, 6.45) is 1.81. The lowest BCUT2D eigenvalue weighted by atomic mass is 9.91. The van der Waals surface area contributed by atoms with Crippen LogP contribution in [0, 0.1) is 5.92 Å². The predicted octanol–water partition coefficient (Wildman–Crippen LogP) is 6.56. The molecule has 0 radical (unpaired) electrons. The molecule has 4 heteroatoms. The third-order valence-electron chi connectivity index (χ3n) is 7.02. The lowest BCUT2D eigenvalue weighted by Crippen LogP contribution is -2.43. The molecule has 0 saturated carbocycles. The molecule has 0 bridgehead atoms. The number of ether oxygens (including phenoxy) is 1. The zero-order chi connectivity index (χ0) is 24.7. The van der Waals surface area contributed by atoms with Gasteiger partial charge < -0.3 is 15.0 Å². The first-order valence-electron chi connectivity index (χ1n) is 12.5. The van der Waals surface area contributed by atoms with Gasteiger partial charge in [0.05, 0.1) is 13.2 Å². The van der Waals surface area contributed by atoms with Crippen LogP contribution in [0.1, 0.15) is 33.9 Å². The first-order valence-corrected chi connectivity index (χ1v) is 12.5. The number of hydrogen-bond acceptors (Lipinski definition) is 2. The average molecular weight is 477 g/mol. The average Bonchev–Trinajstić information content (AvgIpc) is 3.28. The van der Waals surface area contributed by atoms with E-state index in [0.717, 1.165) is 29.7 Å². The van der Waals surface area contributed by atoms with Crippen molar-refractivity contribution < 1.29 is 9.53 Å². The van der Waals surface area contributed by atoms with E-state index >= 15 is 0 Å². The molecule has 0 fully saturated rings. The first-order chi connectivity index (χ1) is 17.7. The molecule has 1 aliphatic rings. The fraction of sp³-hybridized carbons (Fsp3) is 0.219. The van der Waals surface area contributed by atoms with E-state index in [1.165, 1.54) is 16.7 Å². The Labute approximate surface area is 213 Å². The van der Waals surface area contributed by atoms with E-state index < -0.39 is 0 Å². The van der Waals surface area contributed by atoms with Crippen molar-refractivity contribution in [3.63, 3.8) is 0 Å². The van der Waals surface area contributed by atoms with Crippen LogP contribution in [-0.4, -0.2) is 18.0 Å². The van der Waals surface area contributed by atoms with Crippen LogP contribution in [0.25, 0.3) is 0 Å². The van der Waals surface area contributed by atoms with E-state index in [1.807, 2.05) is 65.6 Å². The summed E-state index contributed by atoms with van der Waals surface area (Å²) in [7, 11) is 1.70. The molecule has 2 amide bonds. The Balaban J connectivity index is 1.49. The maximum absolute atomic E-state index is 13.8. The number of hydrogen-bond donors (Lipinski definition) is 1. The van der Waals surface area contributed by atoms with Crippen molar-refractivity contribution in [3.8, 4) is 5.75 Å². The van der Waals surface area contributed by atoms with Crippen LogP contribution in [0.2, 0.25) is 0 Å². The number of carbonyl (C=O) groups is 1. The fourth-order valence-corrected chi connectivity index (χ4v) is 5.30. The van der Waals surface area contributed by atoms with Crippen molar-refractivity contribution in [1.82, 2.24) is 10.2 Å². The van der Waals surface area contributed by atoms with Crippen LogP contribution in [0.5, 0.6) is 5.75 Å². The molecule has 4 aromatic carbocycles. The highest BCUT2D eigenvalue weighted by atomic mass is 16.5. The number of fused-ring (bicyclic) bond motifs is 1. The monoisotopic (exact) mass is 476 g/mol. The number of amides is 2. The molecule has 4 nitrogen and oxygen atoms in total. The highest BCUT2D eigenvalue weighted by Crippen LogP contribution is 2.44. The van der Waals surface area contributed by atoms with E-state index in [2.05, 4.69) is 53.8 Å². The quantitative estimate of drug-likeness (QED) is 0.313. The number of rotatable bonds is 8. The summed E-state index contributed by atoms with van der Waals surface area (Å²) in [6, 6.07) is 37.1. The van der Waals surface area contributed by atoms with E-state index in [0.29, 0.717) is 13.1 Å². The summed E-state index contributed by atoms with van der Waals surface area (Å²) < 4.78 is 5.53. The van der Waals surface area contributed by atoms with Gasteiger partial charge in [-0.2, -0.15) is 0 Å². The van der Waals surface area contributed by atoms with Gasteiger partial charge in [-0.1, -0.05) is 97.1 Å². The lowest BCUT2D eigenvalue weighted by Gasteiger charge is -2.34. The van der Waals surface area contributed by atoms with Crippen LogP contribution in [0.3, 0.4) is 0 Å². The summed E-state index contributed by atoms with van der Waals surface area (Å²) in [4.78, 5) is 15.9. The van der Waals surface area contributed by atoms with Gasteiger partial charge >= 0.3 is 6.03 Å². The third kappa shape index (κ3) is 5.44. The topological polar surface area (TPSA) is 41.6 Å². The smallest absolute Gasteiger partial charge is 0.318 e. The summed E-state index contributed by atoms with van der Waals surface area (Å²) in [5.74, 6) is 1.12. The van der Waals surface area contributed by atoms with Gasteiger partial charge in [-0.05, 0) is 58.7 Å². The van der Waals surface area contributed by atoms with E-state index in [-0.39, 0.29) is 18.0 Å². The number of carbonyl (C=O) groups excluding carboxylic acids is 1. The lowest BCUT2D eigenvalue weighted by molar-refractivity contribution is 0.148. The molecule has 0 unspecified atom stereocenters. The van der Waals surface area contributed by atoms with Crippen molar-refractivity contribution in [2.24, 2.45) is 5.92 Å². The molecule has 1 aliphatic carbocycles. The van der Waals surface area contributed by atoms with Crippen LogP contribution in [0.4, 0.5) is 4.79 Å². The molecular weight excluding hydrogens is 444 g/mol. The maximum Gasteiger partial charge on any atom is 0.318 e. The summed E-state index contributed by atoms with van der Waals surface area (Å²) in [6.45, 7) is 1.04. The van der Waals surface area contributed by atoms with Crippen molar-refractivity contribution in [2.75, 3.05) is 7.11 Å². The van der Waals surface area contributed by atoms with Gasteiger partial charge in [0.15, 0.2) is 0 Å². The van der Waals surface area contributed by atoms with Crippen LogP contribution < -0.4 is 10.1 Å². The summed E-state index contributed by atoms with van der Waals surface area (Å²) >= 11 is 0. The van der Waals surface area contributed by atoms with E-state index in [1.54, 1.807) is 7.11 Å². The Morgan fingerprint density at radius 3 is 2.08 bits per heavy atom. The molecule has 2 atom stereocenters. The normalized spacial score (nSPS) is 16.2. The third-order valence-corrected chi connectivity index (χ3v) is 7.02. The van der Waals surface area contributed by atoms with Crippen molar-refractivity contribution in [1.29, 1.82) is 0 Å². The zero-order valence-corrected chi connectivity index (χ0v) is 20.6. The molecular formula is C32H32N2O2. The van der Waals surface area contributed by atoms with Crippen molar-refractivity contribution >= 4 is 6.03 Å². The molecule has 182 valence electrons. The van der Waals surface area contributed by atoms with Gasteiger partial charge in [-0.25, -0.2) is 4.79 Å². The van der Waals surface area contributed by atoms with Gasteiger partial charge in [0, 0.05) is 13.1 Å². The van der Waals surface area contributed by atoms with Gasteiger partial charge in [-0.15, -0.1) is 0 Å². The highest BCUT2D eigenvalue weighted by Gasteiger charge is 2.39. The Hall–Kier alpha value is -4.05. The Kier molecular flexibility index (Phi) is 7.32. The maximum atomic E-state index is 13.8. The van der Waals surface area contributed by atoms with Gasteiger partial charge in [0.1, 0.15) is 5.75 Å². The van der Waals surface area contributed by atoms with Gasteiger partial charge in [0.25, 0.3) is 0 Å². The molecule has 0 spiro atoms. The number of nitrogens with one attached hydrogen (secondary N) is 1. The predicted molar refractivity (Wildman–Crippen MR) is 144 cm³/mol. The summed E-state index contributed by atoms with van der Waals surface area (Å²) in [5, 5.41) is 3.20. The zero-order valence-electron chi connectivity index (χ0n) is 20.6. The van der Waals surface area contributed by atoms with Crippen LogP contribution in [0.15, 0.2) is 109 Å².